The molecule has 104 heavy (non-hydrogen) atoms. The highest BCUT2D eigenvalue weighted by Gasteiger charge is 2.30. The quantitative estimate of drug-likeness (QED) is 0.0222. The van der Waals surface area contributed by atoms with Crippen molar-refractivity contribution >= 4 is 39.5 Å². The van der Waals surface area contributed by atoms with E-state index in [4.69, 9.17) is 37.0 Å². The van der Waals surface area contributed by atoms with Crippen LogP contribution in [-0.4, -0.2) is 96.7 Å². The molecular formula is C85H166O17P2. The predicted octanol–water partition coefficient (Wildman–Crippen LogP) is 26.0. The molecule has 19 heteroatoms. The molecule has 0 heterocycles. The average Bonchev–Trinajstić information content (AvgIpc) is 0.936. The number of hydrogen-bond donors (Lipinski definition) is 3. The molecular weight excluding hydrogens is 1350 g/mol. The topological polar surface area (TPSA) is 237 Å². The third kappa shape index (κ3) is 78.2. The van der Waals surface area contributed by atoms with E-state index in [9.17, 15) is 43.2 Å². The number of ether oxygens (including phenoxy) is 4. The molecule has 0 saturated heterocycles. The van der Waals surface area contributed by atoms with Crippen molar-refractivity contribution < 1.29 is 80.2 Å². The zero-order valence-corrected chi connectivity index (χ0v) is 70.0. The minimum absolute atomic E-state index is 0.109. The van der Waals surface area contributed by atoms with Crippen LogP contribution in [-0.2, 0) is 65.4 Å². The van der Waals surface area contributed by atoms with E-state index in [0.717, 1.165) is 95.8 Å². The second-order valence-electron chi connectivity index (χ2n) is 31.1. The molecule has 0 amide bonds. The monoisotopic (exact) mass is 1520 g/mol. The van der Waals surface area contributed by atoms with Gasteiger partial charge in [-0.25, -0.2) is 9.13 Å². The standard InChI is InChI=1S/C85H166O17P2/c1-6-9-12-15-18-21-24-27-29-36-39-44-49-54-59-64-69-83(88)96-75-81(102-85(90)71-66-61-56-51-46-41-37-33-31-30-32-35-38-42-47-52-57-62-67-78(4)5)77-100-104(93,94)98-73-79(86)72-97-103(91,92)99-76-80(74-95-82(87)68-63-58-53-48-43-26-23-20-17-14-11-8-3)101-84(89)70-65-60-55-50-45-40-34-28-25-22-19-16-13-10-7-2/h78-81,86H,6-77H2,1-5H3,(H,91,92)(H,93,94)/t79-,80+,81+/m0/s1. The highest BCUT2D eigenvalue weighted by Crippen LogP contribution is 2.45. The van der Waals surface area contributed by atoms with Crippen LogP contribution in [0.4, 0.5) is 0 Å². The summed E-state index contributed by atoms with van der Waals surface area (Å²) >= 11 is 0. The third-order valence-electron chi connectivity index (χ3n) is 20.0. The van der Waals surface area contributed by atoms with Gasteiger partial charge in [0.1, 0.15) is 19.3 Å². The first-order valence-corrected chi connectivity index (χ1v) is 47.1. The molecule has 618 valence electrons. The van der Waals surface area contributed by atoms with Crippen LogP contribution in [0.3, 0.4) is 0 Å². The van der Waals surface area contributed by atoms with Crippen LogP contribution in [0.1, 0.15) is 458 Å². The van der Waals surface area contributed by atoms with Crippen molar-refractivity contribution in [1.82, 2.24) is 0 Å². The molecule has 0 rings (SSSR count). The lowest BCUT2D eigenvalue weighted by molar-refractivity contribution is -0.161. The predicted molar refractivity (Wildman–Crippen MR) is 428 cm³/mol. The van der Waals surface area contributed by atoms with E-state index in [-0.39, 0.29) is 25.7 Å². The molecule has 0 aliphatic rings. The van der Waals surface area contributed by atoms with Crippen molar-refractivity contribution in [2.75, 3.05) is 39.6 Å². The highest BCUT2D eigenvalue weighted by molar-refractivity contribution is 7.47. The molecule has 0 spiro atoms. The Morgan fingerprint density at radius 2 is 0.442 bits per heavy atom. The Hall–Kier alpha value is -1.94. The number of phosphoric ester groups is 2. The van der Waals surface area contributed by atoms with E-state index in [2.05, 4.69) is 34.6 Å². The third-order valence-corrected chi connectivity index (χ3v) is 21.9. The minimum Gasteiger partial charge on any atom is -0.462 e. The molecule has 0 fully saturated rings. The van der Waals surface area contributed by atoms with Crippen molar-refractivity contribution in [2.24, 2.45) is 5.92 Å². The van der Waals surface area contributed by atoms with Gasteiger partial charge >= 0.3 is 39.5 Å². The Morgan fingerprint density at radius 1 is 0.260 bits per heavy atom. The lowest BCUT2D eigenvalue weighted by Gasteiger charge is -2.21. The number of unbranched alkanes of at least 4 members (excludes halogenated alkanes) is 57. The summed E-state index contributed by atoms with van der Waals surface area (Å²) < 4.78 is 68.9. The van der Waals surface area contributed by atoms with Crippen molar-refractivity contribution in [1.29, 1.82) is 0 Å². The van der Waals surface area contributed by atoms with Crippen molar-refractivity contribution in [3.05, 3.63) is 0 Å². The largest absolute Gasteiger partial charge is 0.472 e. The zero-order chi connectivity index (χ0) is 76.2. The van der Waals surface area contributed by atoms with E-state index in [1.54, 1.807) is 0 Å². The summed E-state index contributed by atoms with van der Waals surface area (Å²) in [4.78, 5) is 73.2. The lowest BCUT2D eigenvalue weighted by Crippen LogP contribution is -2.30. The summed E-state index contributed by atoms with van der Waals surface area (Å²) in [6.45, 7) is 7.40. The molecule has 0 aliphatic heterocycles. The normalized spacial score (nSPS) is 13.8. The molecule has 5 atom stereocenters. The van der Waals surface area contributed by atoms with Crippen LogP contribution in [0, 0.1) is 5.92 Å². The first-order chi connectivity index (χ1) is 50.5. The maximum atomic E-state index is 13.1. The fraction of sp³-hybridized carbons (Fsp3) is 0.953. The number of esters is 4. The molecule has 17 nitrogen and oxygen atoms in total. The molecule has 0 aromatic heterocycles. The highest BCUT2D eigenvalue weighted by atomic mass is 31.2. The van der Waals surface area contributed by atoms with Crippen molar-refractivity contribution in [3.63, 3.8) is 0 Å². The van der Waals surface area contributed by atoms with Gasteiger partial charge in [0.15, 0.2) is 12.2 Å². The van der Waals surface area contributed by atoms with Crippen LogP contribution in [0.25, 0.3) is 0 Å². The van der Waals surface area contributed by atoms with E-state index < -0.39 is 97.5 Å². The molecule has 2 unspecified atom stereocenters. The van der Waals surface area contributed by atoms with Crippen molar-refractivity contribution in [3.8, 4) is 0 Å². The van der Waals surface area contributed by atoms with Gasteiger partial charge in [-0.05, 0) is 31.6 Å². The Balaban J connectivity index is 5.24. The van der Waals surface area contributed by atoms with E-state index in [1.165, 1.54) is 283 Å². The van der Waals surface area contributed by atoms with Gasteiger partial charge in [0.2, 0.25) is 0 Å². The molecule has 3 N–H and O–H groups in total. The first-order valence-electron chi connectivity index (χ1n) is 44.1. The van der Waals surface area contributed by atoms with E-state index in [0.29, 0.717) is 25.7 Å². The summed E-state index contributed by atoms with van der Waals surface area (Å²) in [7, 11) is -9.92. The van der Waals surface area contributed by atoms with Crippen LogP contribution in [0.15, 0.2) is 0 Å². The van der Waals surface area contributed by atoms with E-state index >= 15 is 0 Å². The molecule has 0 aromatic carbocycles. The first kappa shape index (κ1) is 102. The molecule has 0 radical (unpaired) electrons. The van der Waals surface area contributed by atoms with Crippen LogP contribution >= 0.6 is 15.6 Å². The van der Waals surface area contributed by atoms with Gasteiger partial charge in [-0.15, -0.1) is 0 Å². The minimum atomic E-state index is -4.96. The summed E-state index contributed by atoms with van der Waals surface area (Å²) in [6, 6.07) is 0. The number of carbonyl (C=O) groups is 4. The molecule has 0 aromatic rings. The fourth-order valence-electron chi connectivity index (χ4n) is 13.3. The number of hydrogen-bond acceptors (Lipinski definition) is 15. The second-order valence-corrected chi connectivity index (χ2v) is 34.0. The van der Waals surface area contributed by atoms with E-state index in [1.807, 2.05) is 0 Å². The van der Waals surface area contributed by atoms with Gasteiger partial charge < -0.3 is 33.8 Å². The Bertz CT molecular complexity index is 1980. The molecule has 0 bridgehead atoms. The summed E-state index contributed by atoms with van der Waals surface area (Å²) in [5, 5.41) is 10.7. The lowest BCUT2D eigenvalue weighted by atomic mass is 10.0. The number of rotatable bonds is 85. The maximum absolute atomic E-state index is 13.1. The van der Waals surface area contributed by atoms with Crippen LogP contribution in [0.2, 0.25) is 0 Å². The van der Waals surface area contributed by atoms with Gasteiger partial charge in [0.05, 0.1) is 26.4 Å². The Kier molecular flexibility index (Phi) is 76.3. The number of phosphoric acid groups is 2. The Morgan fingerprint density at radius 3 is 0.654 bits per heavy atom. The Labute approximate surface area is 638 Å². The number of aliphatic hydroxyl groups is 1. The zero-order valence-electron chi connectivity index (χ0n) is 68.2. The van der Waals surface area contributed by atoms with Gasteiger partial charge in [0, 0.05) is 25.7 Å². The van der Waals surface area contributed by atoms with Gasteiger partial charge in [-0.2, -0.15) is 0 Å². The SMILES string of the molecule is CCCCCCCCCCCCCCCCCCC(=O)OC[C@H](COP(=O)(O)OC[C@@H](O)COP(=O)(O)OC[C@@H](COC(=O)CCCCCCCCCCCCCC)OC(=O)CCCCCCCCCCCCCCCCC)OC(=O)CCCCCCCCCCCCCCCCCCCCC(C)C. The van der Waals surface area contributed by atoms with Crippen molar-refractivity contribution in [2.45, 2.75) is 477 Å². The smallest absolute Gasteiger partial charge is 0.462 e. The fourth-order valence-corrected chi connectivity index (χ4v) is 14.9. The average molecular weight is 1520 g/mol. The number of aliphatic hydroxyl groups excluding tert-OH is 1. The summed E-state index contributed by atoms with van der Waals surface area (Å²) in [5.41, 5.74) is 0. The van der Waals surface area contributed by atoms with Crippen LogP contribution < -0.4 is 0 Å². The van der Waals surface area contributed by atoms with Crippen LogP contribution in [0.5, 0.6) is 0 Å². The second kappa shape index (κ2) is 77.8. The summed E-state index contributed by atoms with van der Waals surface area (Å²) in [5.74, 6) is -1.28. The molecule has 0 saturated carbocycles. The molecule has 0 aliphatic carbocycles. The van der Waals surface area contributed by atoms with Gasteiger partial charge in [0.25, 0.3) is 0 Å². The summed E-state index contributed by atoms with van der Waals surface area (Å²) in [6.07, 6.45) is 70.7. The maximum Gasteiger partial charge on any atom is 0.472 e. The van der Waals surface area contributed by atoms with Gasteiger partial charge in [-0.3, -0.25) is 37.3 Å². The number of carbonyl (C=O) groups excluding carboxylic acids is 4. The van der Waals surface area contributed by atoms with Gasteiger partial charge in [-0.1, -0.05) is 407 Å².